The molecule has 124 valence electrons. The van der Waals surface area contributed by atoms with Crippen LogP contribution in [0.3, 0.4) is 0 Å². The standard InChI is InChI=1S/C16H17N5O2S/c1-10-3-4-12(23-10)16-21-11(2)14(24-16)15(22)20-8-7-19-13-9-17-5-6-18-13/h3-6,9H,7-8H2,1-2H3,(H,18,19)(H,20,22). The number of hydrogen-bond donors (Lipinski definition) is 2. The highest BCUT2D eigenvalue weighted by Gasteiger charge is 2.17. The van der Waals surface area contributed by atoms with Crippen LogP contribution in [0.25, 0.3) is 10.8 Å². The maximum Gasteiger partial charge on any atom is 0.263 e. The largest absolute Gasteiger partial charge is 0.459 e. The Morgan fingerprint density at radius 2 is 2.12 bits per heavy atom. The molecule has 3 heterocycles. The lowest BCUT2D eigenvalue weighted by Gasteiger charge is -2.06. The first-order chi connectivity index (χ1) is 11.6. The molecule has 0 fully saturated rings. The van der Waals surface area contributed by atoms with Crippen molar-refractivity contribution in [3.05, 3.63) is 47.1 Å². The molecule has 0 aromatic carbocycles. The van der Waals surface area contributed by atoms with Crippen LogP contribution in [0, 0.1) is 13.8 Å². The molecule has 3 aromatic heterocycles. The Kier molecular flexibility index (Phi) is 4.85. The van der Waals surface area contributed by atoms with Gasteiger partial charge < -0.3 is 15.1 Å². The van der Waals surface area contributed by atoms with Crippen LogP contribution in [-0.2, 0) is 0 Å². The first kappa shape index (κ1) is 16.1. The fourth-order valence-corrected chi connectivity index (χ4v) is 3.04. The summed E-state index contributed by atoms with van der Waals surface area (Å²) >= 11 is 1.33. The molecule has 0 atom stereocenters. The molecule has 0 unspecified atom stereocenters. The summed E-state index contributed by atoms with van der Waals surface area (Å²) in [6, 6.07) is 3.74. The molecule has 2 N–H and O–H groups in total. The smallest absolute Gasteiger partial charge is 0.263 e. The van der Waals surface area contributed by atoms with E-state index in [0.717, 1.165) is 5.76 Å². The van der Waals surface area contributed by atoms with Gasteiger partial charge in [-0.2, -0.15) is 0 Å². The van der Waals surface area contributed by atoms with Gasteiger partial charge >= 0.3 is 0 Å². The van der Waals surface area contributed by atoms with Crippen molar-refractivity contribution in [1.82, 2.24) is 20.3 Å². The number of furan rings is 1. The van der Waals surface area contributed by atoms with Crippen molar-refractivity contribution >= 4 is 23.1 Å². The second kappa shape index (κ2) is 7.22. The third-order valence-corrected chi connectivity index (χ3v) is 4.40. The molecule has 0 saturated heterocycles. The van der Waals surface area contributed by atoms with E-state index >= 15 is 0 Å². The minimum absolute atomic E-state index is 0.138. The van der Waals surface area contributed by atoms with E-state index in [1.165, 1.54) is 11.3 Å². The van der Waals surface area contributed by atoms with Crippen LogP contribution in [0.4, 0.5) is 5.82 Å². The second-order valence-electron chi connectivity index (χ2n) is 5.12. The first-order valence-electron chi connectivity index (χ1n) is 7.46. The number of rotatable bonds is 6. The molecule has 3 aromatic rings. The summed E-state index contributed by atoms with van der Waals surface area (Å²) in [5, 5.41) is 6.67. The summed E-state index contributed by atoms with van der Waals surface area (Å²) in [4.78, 5) is 25.4. The average molecular weight is 343 g/mol. The topological polar surface area (TPSA) is 92.9 Å². The Balaban J connectivity index is 1.56. The second-order valence-corrected chi connectivity index (χ2v) is 6.12. The molecule has 7 nitrogen and oxygen atoms in total. The number of thiazole rings is 1. The molecule has 0 aliphatic heterocycles. The summed E-state index contributed by atoms with van der Waals surface area (Å²) in [6.45, 7) is 4.73. The Labute approximate surface area is 143 Å². The van der Waals surface area contributed by atoms with Gasteiger partial charge in [0.2, 0.25) is 0 Å². The zero-order chi connectivity index (χ0) is 16.9. The van der Waals surface area contributed by atoms with Gasteiger partial charge in [-0.3, -0.25) is 9.78 Å². The third-order valence-electron chi connectivity index (χ3n) is 3.23. The molecule has 0 aliphatic carbocycles. The first-order valence-corrected chi connectivity index (χ1v) is 8.27. The highest BCUT2D eigenvalue weighted by Crippen LogP contribution is 2.29. The number of aryl methyl sites for hydroxylation is 2. The lowest BCUT2D eigenvalue weighted by molar-refractivity contribution is 0.0958. The summed E-state index contributed by atoms with van der Waals surface area (Å²) in [5.74, 6) is 2.04. The van der Waals surface area contributed by atoms with Crippen molar-refractivity contribution in [3.63, 3.8) is 0 Å². The lowest BCUT2D eigenvalue weighted by Crippen LogP contribution is -2.28. The lowest BCUT2D eigenvalue weighted by atomic mass is 10.3. The molecule has 0 spiro atoms. The normalized spacial score (nSPS) is 10.6. The van der Waals surface area contributed by atoms with Crippen LogP contribution in [0.5, 0.6) is 0 Å². The van der Waals surface area contributed by atoms with Gasteiger partial charge in [-0.1, -0.05) is 0 Å². The molecule has 1 amide bonds. The minimum Gasteiger partial charge on any atom is -0.459 e. The highest BCUT2D eigenvalue weighted by atomic mass is 32.1. The number of anilines is 1. The van der Waals surface area contributed by atoms with E-state index in [1.807, 2.05) is 26.0 Å². The molecule has 0 aliphatic rings. The summed E-state index contributed by atoms with van der Waals surface area (Å²) in [6.07, 6.45) is 4.85. The summed E-state index contributed by atoms with van der Waals surface area (Å²) < 4.78 is 5.56. The number of amides is 1. The van der Waals surface area contributed by atoms with Crippen molar-refractivity contribution < 1.29 is 9.21 Å². The van der Waals surface area contributed by atoms with E-state index in [1.54, 1.807) is 18.6 Å². The van der Waals surface area contributed by atoms with Crippen LogP contribution < -0.4 is 10.6 Å². The van der Waals surface area contributed by atoms with E-state index in [9.17, 15) is 4.79 Å². The van der Waals surface area contributed by atoms with Crippen molar-refractivity contribution in [1.29, 1.82) is 0 Å². The zero-order valence-corrected chi connectivity index (χ0v) is 14.2. The number of nitrogens with one attached hydrogen (secondary N) is 2. The van der Waals surface area contributed by atoms with E-state index < -0.39 is 0 Å². The minimum atomic E-state index is -0.138. The zero-order valence-electron chi connectivity index (χ0n) is 13.4. The molecule has 0 saturated carbocycles. The predicted molar refractivity (Wildman–Crippen MR) is 92.1 cm³/mol. The van der Waals surface area contributed by atoms with Crippen LogP contribution in [0.15, 0.2) is 35.1 Å². The number of carbonyl (C=O) groups is 1. The van der Waals surface area contributed by atoms with Gasteiger partial charge in [-0.25, -0.2) is 9.97 Å². The molecular formula is C16H17N5O2S. The molecule has 0 radical (unpaired) electrons. The Morgan fingerprint density at radius 1 is 1.25 bits per heavy atom. The number of carbonyl (C=O) groups excluding carboxylic acids is 1. The van der Waals surface area contributed by atoms with Gasteiger partial charge in [0, 0.05) is 25.5 Å². The fourth-order valence-electron chi connectivity index (χ4n) is 2.10. The van der Waals surface area contributed by atoms with Crippen LogP contribution in [-0.4, -0.2) is 33.9 Å². The Hall–Kier alpha value is -2.74. The maximum absolute atomic E-state index is 12.3. The predicted octanol–water partition coefficient (Wildman–Crippen LogP) is 2.65. The van der Waals surface area contributed by atoms with Gasteiger partial charge in [0.05, 0.1) is 11.9 Å². The van der Waals surface area contributed by atoms with Crippen LogP contribution >= 0.6 is 11.3 Å². The van der Waals surface area contributed by atoms with E-state index in [0.29, 0.717) is 40.2 Å². The Bertz CT molecular complexity index is 828. The van der Waals surface area contributed by atoms with Crippen molar-refractivity contribution in [3.8, 4) is 10.8 Å². The van der Waals surface area contributed by atoms with E-state index in [2.05, 4.69) is 25.6 Å². The average Bonchev–Trinajstić information content (AvgIpc) is 3.18. The maximum atomic E-state index is 12.3. The van der Waals surface area contributed by atoms with Crippen LogP contribution in [0.2, 0.25) is 0 Å². The highest BCUT2D eigenvalue weighted by molar-refractivity contribution is 7.17. The number of aromatic nitrogens is 3. The monoisotopic (exact) mass is 343 g/mol. The van der Waals surface area contributed by atoms with Gasteiger partial charge in [0.15, 0.2) is 10.8 Å². The third kappa shape index (κ3) is 3.77. The van der Waals surface area contributed by atoms with E-state index in [-0.39, 0.29) is 5.91 Å². The van der Waals surface area contributed by atoms with Crippen LogP contribution in [0.1, 0.15) is 21.1 Å². The molecular weight excluding hydrogens is 326 g/mol. The van der Waals surface area contributed by atoms with Gasteiger partial charge in [0.25, 0.3) is 5.91 Å². The molecule has 24 heavy (non-hydrogen) atoms. The van der Waals surface area contributed by atoms with Gasteiger partial charge in [-0.15, -0.1) is 11.3 Å². The molecule has 0 bridgehead atoms. The number of nitrogens with zero attached hydrogens (tertiary/aromatic N) is 3. The Morgan fingerprint density at radius 3 is 2.83 bits per heavy atom. The fraction of sp³-hybridized carbons (Fsp3) is 0.250. The van der Waals surface area contributed by atoms with E-state index in [4.69, 9.17) is 4.42 Å². The van der Waals surface area contributed by atoms with Crippen molar-refractivity contribution in [2.75, 3.05) is 18.4 Å². The summed E-state index contributed by atoms with van der Waals surface area (Å²) in [5.41, 5.74) is 0.698. The SMILES string of the molecule is Cc1ccc(-c2nc(C)c(C(=O)NCCNc3cnccn3)s2)o1. The molecule has 8 heteroatoms. The quantitative estimate of drug-likeness (QED) is 0.669. The van der Waals surface area contributed by atoms with Gasteiger partial charge in [0.1, 0.15) is 16.5 Å². The summed E-state index contributed by atoms with van der Waals surface area (Å²) in [7, 11) is 0. The van der Waals surface area contributed by atoms with Gasteiger partial charge in [-0.05, 0) is 26.0 Å². The van der Waals surface area contributed by atoms with Crippen molar-refractivity contribution in [2.24, 2.45) is 0 Å². The number of hydrogen-bond acceptors (Lipinski definition) is 7. The molecule has 3 rings (SSSR count). The van der Waals surface area contributed by atoms with Crippen molar-refractivity contribution in [2.45, 2.75) is 13.8 Å².